The Bertz CT molecular complexity index is 609. The van der Waals surface area contributed by atoms with Crippen LogP contribution in [0.5, 0.6) is 5.75 Å². The molecule has 92 valence electrons. The van der Waals surface area contributed by atoms with E-state index in [1.807, 2.05) is 36.4 Å². The van der Waals surface area contributed by atoms with E-state index in [0.29, 0.717) is 6.54 Å². The van der Waals surface area contributed by atoms with E-state index < -0.39 is 0 Å². The molecule has 18 heavy (non-hydrogen) atoms. The van der Waals surface area contributed by atoms with E-state index in [4.69, 9.17) is 9.47 Å². The SMILES string of the molecule is COc1ccc(C2CNC(=O)O2)c2ccccc12. The van der Waals surface area contributed by atoms with Crippen LogP contribution in [0.4, 0.5) is 4.79 Å². The smallest absolute Gasteiger partial charge is 0.407 e. The third-order valence-electron chi connectivity index (χ3n) is 3.17. The number of carbonyl (C=O) groups is 1. The quantitative estimate of drug-likeness (QED) is 0.882. The highest BCUT2D eigenvalue weighted by Gasteiger charge is 2.25. The van der Waals surface area contributed by atoms with E-state index in [1.54, 1.807) is 7.11 Å². The van der Waals surface area contributed by atoms with Gasteiger partial charge < -0.3 is 14.8 Å². The summed E-state index contributed by atoms with van der Waals surface area (Å²) in [5, 5.41) is 4.75. The fraction of sp³-hybridized carbons (Fsp3) is 0.214. The molecule has 1 fully saturated rings. The number of cyclic esters (lactones) is 1. The lowest BCUT2D eigenvalue weighted by Gasteiger charge is -2.13. The number of fused-ring (bicyclic) bond motifs is 1. The first-order valence-corrected chi connectivity index (χ1v) is 5.79. The van der Waals surface area contributed by atoms with Gasteiger partial charge in [0.05, 0.1) is 13.7 Å². The van der Waals surface area contributed by atoms with Crippen LogP contribution in [0.25, 0.3) is 10.8 Å². The molecule has 4 nitrogen and oxygen atoms in total. The number of amides is 1. The summed E-state index contributed by atoms with van der Waals surface area (Å²) >= 11 is 0. The highest BCUT2D eigenvalue weighted by atomic mass is 16.6. The molecule has 1 unspecified atom stereocenters. The topological polar surface area (TPSA) is 47.6 Å². The summed E-state index contributed by atoms with van der Waals surface area (Å²) in [5.74, 6) is 0.826. The minimum Gasteiger partial charge on any atom is -0.496 e. The lowest BCUT2D eigenvalue weighted by atomic mass is 10.00. The first-order valence-electron chi connectivity index (χ1n) is 5.79. The second kappa shape index (κ2) is 4.22. The molecule has 0 aromatic heterocycles. The van der Waals surface area contributed by atoms with Crippen molar-refractivity contribution in [2.24, 2.45) is 0 Å². The molecule has 1 N–H and O–H groups in total. The zero-order chi connectivity index (χ0) is 12.5. The average Bonchev–Trinajstić information content (AvgIpc) is 2.84. The number of alkyl carbamates (subject to hydrolysis) is 1. The van der Waals surface area contributed by atoms with Gasteiger partial charge in [-0.25, -0.2) is 4.79 Å². The summed E-state index contributed by atoms with van der Waals surface area (Å²) in [4.78, 5) is 11.1. The minimum absolute atomic E-state index is 0.228. The van der Waals surface area contributed by atoms with Gasteiger partial charge in [0.2, 0.25) is 0 Å². The maximum Gasteiger partial charge on any atom is 0.407 e. The van der Waals surface area contributed by atoms with Gasteiger partial charge in [0.15, 0.2) is 0 Å². The molecule has 2 aromatic rings. The van der Waals surface area contributed by atoms with Crippen molar-refractivity contribution in [2.45, 2.75) is 6.10 Å². The van der Waals surface area contributed by atoms with Crippen molar-refractivity contribution in [3.05, 3.63) is 42.0 Å². The van der Waals surface area contributed by atoms with Gasteiger partial charge in [0, 0.05) is 10.9 Å². The summed E-state index contributed by atoms with van der Waals surface area (Å²) < 4.78 is 10.6. The first-order chi connectivity index (χ1) is 8.79. The predicted molar refractivity (Wildman–Crippen MR) is 67.7 cm³/mol. The fourth-order valence-electron chi connectivity index (χ4n) is 2.32. The van der Waals surface area contributed by atoms with Crippen molar-refractivity contribution in [3.8, 4) is 5.75 Å². The minimum atomic E-state index is -0.361. The molecule has 0 radical (unpaired) electrons. The predicted octanol–water partition coefficient (Wildman–Crippen LogP) is 2.63. The summed E-state index contributed by atoms with van der Waals surface area (Å²) in [6, 6.07) is 11.8. The third-order valence-corrected chi connectivity index (χ3v) is 3.17. The largest absolute Gasteiger partial charge is 0.496 e. The van der Waals surface area contributed by atoms with Gasteiger partial charge >= 0.3 is 6.09 Å². The Hall–Kier alpha value is -2.23. The van der Waals surface area contributed by atoms with E-state index in [1.165, 1.54) is 0 Å². The van der Waals surface area contributed by atoms with Gasteiger partial charge in [0.25, 0.3) is 0 Å². The van der Waals surface area contributed by atoms with Crippen molar-refractivity contribution in [1.82, 2.24) is 5.32 Å². The molecule has 2 aromatic carbocycles. The molecule has 0 spiro atoms. The molecule has 0 aliphatic carbocycles. The van der Waals surface area contributed by atoms with E-state index >= 15 is 0 Å². The van der Waals surface area contributed by atoms with E-state index in [9.17, 15) is 4.79 Å². The van der Waals surface area contributed by atoms with Crippen LogP contribution in [0.2, 0.25) is 0 Å². The summed E-state index contributed by atoms with van der Waals surface area (Å²) in [6.45, 7) is 0.509. The van der Waals surface area contributed by atoms with Crippen LogP contribution in [-0.2, 0) is 4.74 Å². The number of ether oxygens (including phenoxy) is 2. The highest BCUT2D eigenvalue weighted by Crippen LogP contribution is 2.33. The number of methoxy groups -OCH3 is 1. The molecular formula is C14H13NO3. The highest BCUT2D eigenvalue weighted by molar-refractivity contribution is 5.91. The van der Waals surface area contributed by atoms with Crippen LogP contribution in [0.3, 0.4) is 0 Å². The molecule has 1 aliphatic rings. The van der Waals surface area contributed by atoms with Gasteiger partial charge in [-0.05, 0) is 11.5 Å². The average molecular weight is 243 g/mol. The monoisotopic (exact) mass is 243 g/mol. The van der Waals surface area contributed by atoms with Gasteiger partial charge in [-0.15, -0.1) is 0 Å². The van der Waals surface area contributed by atoms with Crippen molar-refractivity contribution >= 4 is 16.9 Å². The zero-order valence-corrected chi connectivity index (χ0v) is 9.97. The number of rotatable bonds is 2. The zero-order valence-electron chi connectivity index (χ0n) is 9.97. The summed E-state index contributed by atoms with van der Waals surface area (Å²) in [5.41, 5.74) is 1.00. The molecule has 1 aliphatic heterocycles. The van der Waals surface area contributed by atoms with Crippen LogP contribution in [0.1, 0.15) is 11.7 Å². The second-order valence-electron chi connectivity index (χ2n) is 4.18. The Labute approximate surface area is 105 Å². The fourth-order valence-corrected chi connectivity index (χ4v) is 2.32. The van der Waals surface area contributed by atoms with Crippen LogP contribution in [-0.4, -0.2) is 19.7 Å². The van der Waals surface area contributed by atoms with E-state index in [-0.39, 0.29) is 12.2 Å². The second-order valence-corrected chi connectivity index (χ2v) is 4.18. The van der Waals surface area contributed by atoms with Gasteiger partial charge in [0.1, 0.15) is 11.9 Å². The summed E-state index contributed by atoms with van der Waals surface area (Å²) in [7, 11) is 1.65. The summed E-state index contributed by atoms with van der Waals surface area (Å²) in [6.07, 6.45) is -0.590. The van der Waals surface area contributed by atoms with Crippen LogP contribution < -0.4 is 10.1 Å². The van der Waals surface area contributed by atoms with Crippen LogP contribution >= 0.6 is 0 Å². The molecule has 0 saturated carbocycles. The Morgan fingerprint density at radius 3 is 2.67 bits per heavy atom. The van der Waals surface area contributed by atoms with Crippen LogP contribution in [0.15, 0.2) is 36.4 Å². The molecule has 1 saturated heterocycles. The van der Waals surface area contributed by atoms with E-state index in [2.05, 4.69) is 5.32 Å². The van der Waals surface area contributed by atoms with Crippen molar-refractivity contribution in [3.63, 3.8) is 0 Å². The Morgan fingerprint density at radius 2 is 2.00 bits per heavy atom. The van der Waals surface area contributed by atoms with E-state index in [0.717, 1.165) is 22.1 Å². The van der Waals surface area contributed by atoms with Gasteiger partial charge in [-0.2, -0.15) is 0 Å². The lowest BCUT2D eigenvalue weighted by Crippen LogP contribution is -2.12. The first kappa shape index (κ1) is 10.9. The Kier molecular flexibility index (Phi) is 2.55. The molecule has 1 heterocycles. The number of benzene rings is 2. The molecular weight excluding hydrogens is 230 g/mol. The standard InChI is InChI=1S/C14H13NO3/c1-17-12-7-6-11(13-8-15-14(16)18-13)9-4-2-3-5-10(9)12/h2-7,13H,8H2,1H3,(H,15,16). The molecule has 4 heteroatoms. The maximum atomic E-state index is 11.1. The maximum absolute atomic E-state index is 11.1. The number of carbonyl (C=O) groups excluding carboxylic acids is 1. The van der Waals surface area contributed by atoms with Crippen LogP contribution in [0, 0.1) is 0 Å². The number of hydrogen-bond donors (Lipinski definition) is 1. The van der Waals surface area contributed by atoms with Gasteiger partial charge in [-0.3, -0.25) is 0 Å². The molecule has 1 amide bonds. The molecule has 1 atom stereocenters. The number of hydrogen-bond acceptors (Lipinski definition) is 3. The lowest BCUT2D eigenvalue weighted by molar-refractivity contribution is 0.141. The number of nitrogens with one attached hydrogen (secondary N) is 1. The van der Waals surface area contributed by atoms with Crippen molar-refractivity contribution in [1.29, 1.82) is 0 Å². The van der Waals surface area contributed by atoms with Crippen molar-refractivity contribution < 1.29 is 14.3 Å². The third kappa shape index (κ3) is 1.66. The molecule has 3 rings (SSSR count). The Morgan fingerprint density at radius 1 is 1.22 bits per heavy atom. The van der Waals surface area contributed by atoms with Crippen molar-refractivity contribution in [2.75, 3.05) is 13.7 Å². The normalized spacial score (nSPS) is 18.5. The molecule has 0 bridgehead atoms. The van der Waals surface area contributed by atoms with Gasteiger partial charge in [-0.1, -0.05) is 30.3 Å². The Balaban J connectivity index is 2.16.